The predicted molar refractivity (Wildman–Crippen MR) is 123 cm³/mol. The molecular weight excluding hydrogens is 443 g/mol. The Morgan fingerprint density at radius 2 is 1.73 bits per heavy atom. The van der Waals surface area contributed by atoms with E-state index < -0.39 is 5.97 Å². The minimum atomic E-state index is -1.05. The van der Waals surface area contributed by atoms with E-state index >= 15 is 0 Å². The lowest BCUT2D eigenvalue weighted by Gasteiger charge is -2.08. The number of carboxylic acid groups (broad SMARTS) is 1. The van der Waals surface area contributed by atoms with Gasteiger partial charge in [-0.2, -0.15) is 0 Å². The van der Waals surface area contributed by atoms with Crippen molar-refractivity contribution in [3.63, 3.8) is 0 Å². The lowest BCUT2D eigenvalue weighted by atomic mass is 10.1. The molecule has 0 aliphatic rings. The molecule has 0 spiro atoms. The standard InChI is InChI=1S/C23H17Cl3N2O2/c24-16-6-5-14(20(25)9-16)12-28-13-15(18-3-1-2-4-22(18)28)11-27-17-7-8-19(23(29)30)21(26)10-17/h1-10,13,27H,11-12H2,(H,29,30). The van der Waals surface area contributed by atoms with Gasteiger partial charge in [-0.15, -0.1) is 0 Å². The van der Waals surface area contributed by atoms with Gasteiger partial charge in [0.25, 0.3) is 0 Å². The highest BCUT2D eigenvalue weighted by atomic mass is 35.5. The van der Waals surface area contributed by atoms with Crippen LogP contribution in [0.2, 0.25) is 15.1 Å². The molecule has 0 saturated heterocycles. The van der Waals surface area contributed by atoms with Crippen LogP contribution in [-0.4, -0.2) is 15.6 Å². The second-order valence-corrected chi connectivity index (χ2v) is 8.14. The van der Waals surface area contributed by atoms with Crippen LogP contribution in [0, 0.1) is 0 Å². The summed E-state index contributed by atoms with van der Waals surface area (Å²) in [6, 6.07) is 18.5. The minimum absolute atomic E-state index is 0.0821. The quantitative estimate of drug-likeness (QED) is 0.328. The average Bonchev–Trinajstić information content (AvgIpc) is 3.06. The van der Waals surface area contributed by atoms with Crippen LogP contribution in [0.15, 0.2) is 66.9 Å². The largest absolute Gasteiger partial charge is 0.478 e. The van der Waals surface area contributed by atoms with Crippen LogP contribution in [0.4, 0.5) is 5.69 Å². The van der Waals surface area contributed by atoms with Crippen LogP contribution < -0.4 is 5.32 Å². The molecule has 2 N–H and O–H groups in total. The molecule has 0 saturated carbocycles. The maximum atomic E-state index is 11.1. The van der Waals surface area contributed by atoms with Crippen LogP contribution in [0.3, 0.4) is 0 Å². The number of nitrogens with zero attached hydrogens (tertiary/aromatic N) is 1. The molecule has 0 atom stereocenters. The number of aromatic nitrogens is 1. The average molecular weight is 460 g/mol. The maximum absolute atomic E-state index is 11.1. The minimum Gasteiger partial charge on any atom is -0.478 e. The van der Waals surface area contributed by atoms with Crippen molar-refractivity contribution in [3.8, 4) is 0 Å². The first-order valence-electron chi connectivity index (χ1n) is 9.20. The van der Waals surface area contributed by atoms with Crippen LogP contribution >= 0.6 is 34.8 Å². The van der Waals surface area contributed by atoms with Gasteiger partial charge in [0.05, 0.1) is 10.6 Å². The van der Waals surface area contributed by atoms with Gasteiger partial charge in [-0.3, -0.25) is 0 Å². The van der Waals surface area contributed by atoms with E-state index in [2.05, 4.69) is 28.2 Å². The number of nitrogens with one attached hydrogen (secondary N) is 1. The number of halogens is 3. The number of hydrogen-bond donors (Lipinski definition) is 2. The summed E-state index contributed by atoms with van der Waals surface area (Å²) in [6.07, 6.45) is 2.09. The Morgan fingerprint density at radius 1 is 0.933 bits per heavy atom. The molecule has 0 radical (unpaired) electrons. The second-order valence-electron chi connectivity index (χ2n) is 6.89. The zero-order chi connectivity index (χ0) is 21.3. The van der Waals surface area contributed by atoms with Crippen LogP contribution in [0.1, 0.15) is 21.5 Å². The Hall–Kier alpha value is -2.66. The molecule has 4 rings (SSSR count). The first-order valence-corrected chi connectivity index (χ1v) is 10.3. The van der Waals surface area contributed by atoms with Gasteiger partial charge in [0.15, 0.2) is 0 Å². The molecule has 0 aliphatic heterocycles. The van der Waals surface area contributed by atoms with E-state index in [0.717, 1.165) is 27.7 Å². The highest BCUT2D eigenvalue weighted by Crippen LogP contribution is 2.27. The number of hydrogen-bond acceptors (Lipinski definition) is 2. The highest BCUT2D eigenvalue weighted by molar-refractivity contribution is 6.35. The van der Waals surface area contributed by atoms with Crippen molar-refractivity contribution in [3.05, 3.63) is 98.6 Å². The van der Waals surface area contributed by atoms with Crippen molar-refractivity contribution >= 4 is 57.4 Å². The second kappa shape index (κ2) is 8.60. The zero-order valence-corrected chi connectivity index (χ0v) is 18.0. The number of anilines is 1. The Morgan fingerprint density at radius 3 is 2.47 bits per heavy atom. The predicted octanol–water partition coefficient (Wildman–Crippen LogP) is 6.96. The number of fused-ring (bicyclic) bond motifs is 1. The molecular formula is C23H17Cl3N2O2. The first kappa shape index (κ1) is 20.6. The summed E-state index contributed by atoms with van der Waals surface area (Å²) in [6.45, 7) is 1.18. The zero-order valence-electron chi connectivity index (χ0n) is 15.7. The summed E-state index contributed by atoms with van der Waals surface area (Å²) in [5, 5.41) is 15.0. The molecule has 0 bridgehead atoms. The number of rotatable bonds is 6. The van der Waals surface area contributed by atoms with E-state index in [4.69, 9.17) is 39.9 Å². The van der Waals surface area contributed by atoms with Gasteiger partial charge in [-0.1, -0.05) is 59.1 Å². The summed E-state index contributed by atoms with van der Waals surface area (Å²) in [4.78, 5) is 11.1. The molecule has 1 aromatic heterocycles. The van der Waals surface area contributed by atoms with Crippen LogP contribution in [0.25, 0.3) is 10.9 Å². The molecule has 0 fully saturated rings. The maximum Gasteiger partial charge on any atom is 0.337 e. The molecule has 4 nitrogen and oxygen atoms in total. The highest BCUT2D eigenvalue weighted by Gasteiger charge is 2.12. The molecule has 152 valence electrons. The van der Waals surface area contributed by atoms with Crippen molar-refractivity contribution in [2.75, 3.05) is 5.32 Å². The topological polar surface area (TPSA) is 54.3 Å². The van der Waals surface area contributed by atoms with Gasteiger partial charge in [-0.25, -0.2) is 4.79 Å². The van der Waals surface area contributed by atoms with Crippen molar-refractivity contribution in [1.82, 2.24) is 4.57 Å². The first-order chi connectivity index (χ1) is 14.4. The van der Waals surface area contributed by atoms with Gasteiger partial charge in [-0.05, 0) is 47.5 Å². The van der Waals surface area contributed by atoms with Gasteiger partial charge in [0.1, 0.15) is 0 Å². The summed E-state index contributed by atoms with van der Waals surface area (Å²) in [5.74, 6) is -1.05. The van der Waals surface area contributed by atoms with Crippen molar-refractivity contribution < 1.29 is 9.90 Å². The molecule has 30 heavy (non-hydrogen) atoms. The molecule has 4 aromatic rings. The molecule has 1 heterocycles. The monoisotopic (exact) mass is 458 g/mol. The number of carboxylic acids is 1. The third kappa shape index (κ3) is 4.26. The van der Waals surface area contributed by atoms with E-state index in [1.807, 2.05) is 24.3 Å². The Kier molecular flexibility index (Phi) is 5.91. The summed E-state index contributed by atoms with van der Waals surface area (Å²) in [7, 11) is 0. The van der Waals surface area contributed by atoms with Crippen molar-refractivity contribution in [2.24, 2.45) is 0 Å². The van der Waals surface area contributed by atoms with E-state index in [-0.39, 0.29) is 10.6 Å². The number of benzene rings is 3. The molecule has 0 unspecified atom stereocenters. The Labute approximate surface area is 188 Å². The van der Waals surface area contributed by atoms with E-state index in [0.29, 0.717) is 23.1 Å². The summed E-state index contributed by atoms with van der Waals surface area (Å²) in [5.41, 5.74) is 4.02. The van der Waals surface area contributed by atoms with Gasteiger partial charge in [0, 0.05) is 45.9 Å². The van der Waals surface area contributed by atoms with Crippen LogP contribution in [0.5, 0.6) is 0 Å². The van der Waals surface area contributed by atoms with Crippen LogP contribution in [-0.2, 0) is 13.1 Å². The Balaban J connectivity index is 1.61. The van der Waals surface area contributed by atoms with E-state index in [9.17, 15) is 4.79 Å². The van der Waals surface area contributed by atoms with Crippen molar-refractivity contribution in [2.45, 2.75) is 13.1 Å². The van der Waals surface area contributed by atoms with Gasteiger partial charge < -0.3 is 15.0 Å². The Bertz CT molecular complexity index is 1250. The molecule has 0 aliphatic carbocycles. The lowest BCUT2D eigenvalue weighted by Crippen LogP contribution is -2.02. The molecule has 7 heteroatoms. The lowest BCUT2D eigenvalue weighted by molar-refractivity contribution is 0.0697. The fourth-order valence-corrected chi connectivity index (χ4v) is 4.15. The van der Waals surface area contributed by atoms with Gasteiger partial charge >= 0.3 is 5.97 Å². The van der Waals surface area contributed by atoms with Crippen molar-refractivity contribution in [1.29, 1.82) is 0 Å². The summed E-state index contributed by atoms with van der Waals surface area (Å²) < 4.78 is 2.15. The smallest absolute Gasteiger partial charge is 0.337 e. The molecule has 0 amide bonds. The third-order valence-corrected chi connectivity index (χ3v) is 5.81. The summed E-state index contributed by atoms with van der Waals surface area (Å²) >= 11 is 18.5. The third-order valence-electron chi connectivity index (χ3n) is 4.91. The normalized spacial score (nSPS) is 11.0. The number of para-hydroxylation sites is 1. The fourth-order valence-electron chi connectivity index (χ4n) is 3.42. The number of aromatic carboxylic acids is 1. The van der Waals surface area contributed by atoms with E-state index in [1.54, 1.807) is 18.2 Å². The fraction of sp³-hybridized carbons (Fsp3) is 0.0870. The van der Waals surface area contributed by atoms with Gasteiger partial charge in [0.2, 0.25) is 0 Å². The SMILES string of the molecule is O=C(O)c1ccc(NCc2cn(Cc3ccc(Cl)cc3Cl)c3ccccc23)cc1Cl. The van der Waals surface area contributed by atoms with E-state index in [1.165, 1.54) is 6.07 Å². The number of carbonyl (C=O) groups is 1. The molecule has 3 aromatic carbocycles.